The van der Waals surface area contributed by atoms with Crippen LogP contribution in [0, 0.1) is 6.92 Å². The van der Waals surface area contributed by atoms with Gasteiger partial charge < -0.3 is 11.1 Å². The third kappa shape index (κ3) is 3.69. The largest absolute Gasteiger partial charge is 0.416 e. The minimum Gasteiger partial charge on any atom is -0.388 e. The monoisotopic (exact) mass is 311 g/mol. The number of nitrogens with one attached hydrogen (secondary N) is 1. The van der Waals surface area contributed by atoms with Crippen LogP contribution >= 0.6 is 12.2 Å². The third-order valence-corrected chi connectivity index (χ3v) is 3.07. The zero-order valence-electron chi connectivity index (χ0n) is 11.0. The summed E-state index contributed by atoms with van der Waals surface area (Å²) in [5.41, 5.74) is 6.80. The number of alkyl halides is 3. The van der Waals surface area contributed by atoms with Crippen LogP contribution < -0.4 is 11.1 Å². The average Bonchev–Trinajstić information content (AvgIpc) is 2.40. The summed E-state index contributed by atoms with van der Waals surface area (Å²) in [6.07, 6.45) is -2.91. The van der Waals surface area contributed by atoms with Gasteiger partial charge in [0.2, 0.25) is 0 Å². The number of aryl methyl sites for hydroxylation is 1. The van der Waals surface area contributed by atoms with Crippen LogP contribution in [-0.4, -0.2) is 9.97 Å². The Labute approximate surface area is 125 Å². The first-order valence-electron chi connectivity index (χ1n) is 5.98. The summed E-state index contributed by atoms with van der Waals surface area (Å²) in [5, 5.41) is 2.90. The predicted molar refractivity (Wildman–Crippen MR) is 79.6 cm³/mol. The van der Waals surface area contributed by atoms with E-state index < -0.39 is 11.7 Å². The van der Waals surface area contributed by atoms with Crippen LogP contribution in [0.5, 0.6) is 0 Å². The number of benzene rings is 1. The summed E-state index contributed by atoms with van der Waals surface area (Å²) in [7, 11) is 0. The van der Waals surface area contributed by atoms with E-state index in [1.165, 1.54) is 12.3 Å². The Morgan fingerprint density at radius 3 is 2.48 bits per heavy atom. The number of halogens is 3. The van der Waals surface area contributed by atoms with Crippen molar-refractivity contribution in [1.29, 1.82) is 0 Å². The maximum atomic E-state index is 12.7. The molecular formula is C14H12F3N3S. The topological polar surface area (TPSA) is 50.9 Å². The van der Waals surface area contributed by atoms with Gasteiger partial charge in [0.15, 0.2) is 0 Å². The molecule has 0 fully saturated rings. The minimum atomic E-state index is -4.38. The lowest BCUT2D eigenvalue weighted by atomic mass is 10.1. The first kappa shape index (κ1) is 15.2. The van der Waals surface area contributed by atoms with Crippen LogP contribution in [-0.2, 0) is 6.18 Å². The van der Waals surface area contributed by atoms with E-state index in [1.54, 1.807) is 19.1 Å². The molecule has 0 aliphatic heterocycles. The van der Waals surface area contributed by atoms with E-state index >= 15 is 0 Å². The van der Waals surface area contributed by atoms with Crippen LogP contribution in [0.4, 0.5) is 24.5 Å². The van der Waals surface area contributed by atoms with Crippen LogP contribution in [0.1, 0.15) is 16.8 Å². The molecular weight excluding hydrogens is 299 g/mol. The number of nitrogens with two attached hydrogens (primary N) is 1. The molecule has 0 aliphatic rings. The van der Waals surface area contributed by atoms with Gasteiger partial charge >= 0.3 is 6.18 Å². The van der Waals surface area contributed by atoms with E-state index in [9.17, 15) is 13.2 Å². The van der Waals surface area contributed by atoms with Crippen molar-refractivity contribution >= 4 is 28.6 Å². The number of anilines is 2. The van der Waals surface area contributed by atoms with Gasteiger partial charge in [-0.2, -0.15) is 13.2 Å². The highest BCUT2D eigenvalue weighted by atomic mass is 32.1. The Morgan fingerprint density at radius 1 is 1.24 bits per heavy atom. The molecule has 7 heteroatoms. The average molecular weight is 311 g/mol. The molecule has 0 unspecified atom stereocenters. The summed E-state index contributed by atoms with van der Waals surface area (Å²) in [5.74, 6) is 0. The second-order valence-electron chi connectivity index (χ2n) is 4.45. The van der Waals surface area contributed by atoms with E-state index in [4.69, 9.17) is 18.0 Å². The Bertz CT molecular complexity index is 666. The zero-order valence-corrected chi connectivity index (χ0v) is 11.8. The molecule has 1 heterocycles. The van der Waals surface area contributed by atoms with Gasteiger partial charge in [0, 0.05) is 5.69 Å². The molecule has 0 bridgehead atoms. The molecule has 21 heavy (non-hydrogen) atoms. The normalized spacial score (nSPS) is 11.2. The summed E-state index contributed by atoms with van der Waals surface area (Å²) in [6.45, 7) is 1.72. The molecule has 0 spiro atoms. The maximum Gasteiger partial charge on any atom is 0.416 e. The molecule has 110 valence electrons. The lowest BCUT2D eigenvalue weighted by molar-refractivity contribution is -0.137. The number of nitrogens with zero attached hydrogens (tertiary/aromatic N) is 1. The van der Waals surface area contributed by atoms with E-state index in [0.29, 0.717) is 22.6 Å². The number of hydrogen-bond acceptors (Lipinski definition) is 3. The van der Waals surface area contributed by atoms with Crippen LogP contribution in [0.2, 0.25) is 0 Å². The van der Waals surface area contributed by atoms with Crippen LogP contribution in [0.3, 0.4) is 0 Å². The molecule has 0 aliphatic carbocycles. The fraction of sp³-hybridized carbons (Fsp3) is 0.143. The Hall–Kier alpha value is -2.15. The molecule has 3 nitrogen and oxygen atoms in total. The van der Waals surface area contributed by atoms with Gasteiger partial charge in [0.25, 0.3) is 0 Å². The highest BCUT2D eigenvalue weighted by molar-refractivity contribution is 7.80. The number of hydrogen-bond donors (Lipinski definition) is 2. The van der Waals surface area contributed by atoms with Crippen molar-refractivity contribution in [2.75, 3.05) is 5.32 Å². The molecule has 0 atom stereocenters. The van der Waals surface area contributed by atoms with Gasteiger partial charge in [-0.15, -0.1) is 0 Å². The van der Waals surface area contributed by atoms with Gasteiger partial charge in [-0.05, 0) is 36.8 Å². The SMILES string of the molecule is Cc1ccc(C(F)(F)F)cc1Nc1ccc(C(N)=S)nc1. The van der Waals surface area contributed by atoms with Gasteiger partial charge in [0.1, 0.15) is 4.99 Å². The lowest BCUT2D eigenvalue weighted by Gasteiger charge is -2.13. The van der Waals surface area contributed by atoms with Crippen molar-refractivity contribution in [3.8, 4) is 0 Å². The first-order valence-corrected chi connectivity index (χ1v) is 6.39. The molecule has 2 aromatic rings. The van der Waals surface area contributed by atoms with Crippen molar-refractivity contribution < 1.29 is 13.2 Å². The highest BCUT2D eigenvalue weighted by Gasteiger charge is 2.30. The van der Waals surface area contributed by atoms with E-state index in [2.05, 4.69) is 10.3 Å². The second kappa shape index (κ2) is 5.69. The molecule has 3 N–H and O–H groups in total. The molecule has 0 saturated heterocycles. The van der Waals surface area contributed by atoms with Crippen molar-refractivity contribution in [3.63, 3.8) is 0 Å². The standard InChI is InChI=1S/C14H12F3N3S/c1-8-2-3-9(14(15,16)17)6-12(8)20-10-4-5-11(13(18)21)19-7-10/h2-7,20H,1H3,(H2,18,21). The smallest absolute Gasteiger partial charge is 0.388 e. The molecule has 2 rings (SSSR count). The first-order chi connectivity index (χ1) is 9.77. The van der Waals surface area contributed by atoms with Crippen molar-refractivity contribution in [1.82, 2.24) is 4.98 Å². The second-order valence-corrected chi connectivity index (χ2v) is 4.89. The van der Waals surface area contributed by atoms with Crippen molar-refractivity contribution in [2.45, 2.75) is 13.1 Å². The Balaban J connectivity index is 2.28. The molecule has 0 amide bonds. The van der Waals surface area contributed by atoms with Gasteiger partial charge in [-0.25, -0.2) is 0 Å². The molecule has 0 radical (unpaired) electrons. The summed E-state index contributed by atoms with van der Waals surface area (Å²) < 4.78 is 38.1. The number of pyridine rings is 1. The molecule has 1 aromatic heterocycles. The fourth-order valence-corrected chi connectivity index (χ4v) is 1.82. The van der Waals surface area contributed by atoms with Crippen molar-refractivity contribution in [2.24, 2.45) is 5.73 Å². The van der Waals surface area contributed by atoms with Crippen LogP contribution in [0.15, 0.2) is 36.5 Å². The Morgan fingerprint density at radius 2 is 1.95 bits per heavy atom. The van der Waals surface area contributed by atoms with Crippen LogP contribution in [0.25, 0.3) is 0 Å². The quantitative estimate of drug-likeness (QED) is 0.847. The van der Waals surface area contributed by atoms with Gasteiger partial charge in [0.05, 0.1) is 23.1 Å². The maximum absolute atomic E-state index is 12.7. The van der Waals surface area contributed by atoms with E-state index in [1.807, 2.05) is 0 Å². The lowest BCUT2D eigenvalue weighted by Crippen LogP contribution is -2.11. The van der Waals surface area contributed by atoms with Gasteiger partial charge in [-0.1, -0.05) is 18.3 Å². The number of aromatic nitrogens is 1. The summed E-state index contributed by atoms with van der Waals surface area (Å²) >= 11 is 4.78. The highest BCUT2D eigenvalue weighted by Crippen LogP contribution is 2.32. The zero-order chi connectivity index (χ0) is 15.6. The summed E-state index contributed by atoms with van der Waals surface area (Å²) in [4.78, 5) is 4.19. The number of rotatable bonds is 3. The van der Waals surface area contributed by atoms with E-state index in [0.717, 1.165) is 12.1 Å². The summed E-state index contributed by atoms with van der Waals surface area (Å²) in [6, 6.07) is 6.79. The predicted octanol–water partition coefficient (Wildman–Crippen LogP) is 3.79. The van der Waals surface area contributed by atoms with Crippen molar-refractivity contribution in [3.05, 3.63) is 53.3 Å². The molecule has 1 aromatic carbocycles. The van der Waals surface area contributed by atoms with Gasteiger partial charge in [-0.3, -0.25) is 4.98 Å². The third-order valence-electron chi connectivity index (χ3n) is 2.86. The molecule has 0 saturated carbocycles. The minimum absolute atomic E-state index is 0.164. The van der Waals surface area contributed by atoms with E-state index in [-0.39, 0.29) is 4.99 Å². The number of thiocarbonyl (C=S) groups is 1. The fourth-order valence-electron chi connectivity index (χ4n) is 1.70. The Kier molecular flexibility index (Phi) is 4.13.